The molecule has 2 fully saturated rings. The molecule has 0 spiro atoms. The fraction of sp³-hybridized carbons (Fsp3) is 0.857. The summed E-state index contributed by atoms with van der Waals surface area (Å²) in [5.41, 5.74) is -0.509. The van der Waals surface area contributed by atoms with Gasteiger partial charge in [0.25, 0.3) is 0 Å². The monoisotopic (exact) mass is 222 g/mol. The van der Waals surface area contributed by atoms with E-state index >= 15 is 0 Å². The third kappa shape index (κ3) is 1.19. The number of Topliss-reactive ketones (excluding diaryl/α,β-unsaturated/α-hetero) is 2. The molecule has 0 bridgehead atoms. The summed E-state index contributed by atoms with van der Waals surface area (Å²) in [6.07, 6.45) is 4.27. The van der Waals surface area contributed by atoms with Gasteiger partial charge in [0.15, 0.2) is 0 Å². The van der Waals surface area contributed by atoms with Gasteiger partial charge in [0, 0.05) is 18.3 Å². The molecule has 0 amide bonds. The Bertz CT molecular complexity index is 356. The fourth-order valence-corrected chi connectivity index (χ4v) is 4.87. The van der Waals surface area contributed by atoms with E-state index < -0.39 is 0 Å². The molecule has 2 rings (SSSR count). The first-order chi connectivity index (χ1) is 7.25. The molecule has 2 saturated carbocycles. The Morgan fingerprint density at radius 3 is 2.31 bits per heavy atom. The highest BCUT2D eigenvalue weighted by atomic mass is 16.1. The van der Waals surface area contributed by atoms with Gasteiger partial charge in [0.2, 0.25) is 0 Å². The molecule has 0 aliphatic heterocycles. The Morgan fingerprint density at radius 2 is 1.75 bits per heavy atom. The van der Waals surface area contributed by atoms with Crippen LogP contribution in [0, 0.1) is 16.2 Å². The van der Waals surface area contributed by atoms with Crippen molar-refractivity contribution in [3.63, 3.8) is 0 Å². The van der Waals surface area contributed by atoms with Crippen molar-refractivity contribution in [3.8, 4) is 0 Å². The molecule has 0 aromatic heterocycles. The summed E-state index contributed by atoms with van der Waals surface area (Å²) in [6.45, 7) is 8.09. The largest absolute Gasteiger partial charge is 0.300 e. The smallest absolute Gasteiger partial charge is 0.137 e. The number of ketones is 2. The third-order valence-electron chi connectivity index (χ3n) is 5.29. The first-order valence-electron chi connectivity index (χ1n) is 6.28. The van der Waals surface area contributed by atoms with Crippen molar-refractivity contribution < 1.29 is 9.59 Å². The van der Waals surface area contributed by atoms with E-state index in [0.29, 0.717) is 24.4 Å². The van der Waals surface area contributed by atoms with Gasteiger partial charge in [-0.15, -0.1) is 0 Å². The second kappa shape index (κ2) is 3.18. The van der Waals surface area contributed by atoms with E-state index in [2.05, 4.69) is 20.8 Å². The standard InChI is InChI=1S/C14H22O2/c1-10(15)14-7-5-6-13(14,4)9-11(16)8-12(14,2)3/h5-9H2,1-4H3/t13-,14-/m0/s1. The summed E-state index contributed by atoms with van der Waals surface area (Å²) in [6, 6.07) is 0. The maximum absolute atomic E-state index is 12.2. The predicted molar refractivity (Wildman–Crippen MR) is 63.1 cm³/mol. The van der Waals surface area contributed by atoms with Gasteiger partial charge in [-0.3, -0.25) is 9.59 Å². The zero-order chi connectivity index (χ0) is 12.2. The lowest BCUT2D eigenvalue weighted by atomic mass is 9.46. The van der Waals surface area contributed by atoms with Crippen LogP contribution < -0.4 is 0 Å². The minimum Gasteiger partial charge on any atom is -0.300 e. The maximum Gasteiger partial charge on any atom is 0.137 e. The number of carbonyl (C=O) groups is 2. The number of rotatable bonds is 1. The van der Waals surface area contributed by atoms with Crippen molar-refractivity contribution >= 4 is 11.6 Å². The third-order valence-corrected chi connectivity index (χ3v) is 5.29. The quantitative estimate of drug-likeness (QED) is 0.683. The summed E-state index contributed by atoms with van der Waals surface area (Å²) >= 11 is 0. The van der Waals surface area contributed by atoms with E-state index in [4.69, 9.17) is 0 Å². The summed E-state index contributed by atoms with van der Waals surface area (Å²) in [5.74, 6) is 0.635. The molecule has 16 heavy (non-hydrogen) atoms. The lowest BCUT2D eigenvalue weighted by Gasteiger charge is -2.55. The average molecular weight is 222 g/mol. The first-order valence-corrected chi connectivity index (χ1v) is 6.28. The van der Waals surface area contributed by atoms with Crippen molar-refractivity contribution in [2.45, 2.75) is 59.8 Å². The van der Waals surface area contributed by atoms with Gasteiger partial charge in [-0.25, -0.2) is 0 Å². The second-order valence-corrected chi connectivity index (χ2v) is 6.65. The van der Waals surface area contributed by atoms with Crippen LogP contribution >= 0.6 is 0 Å². The molecule has 0 aromatic carbocycles. The van der Waals surface area contributed by atoms with E-state index in [1.54, 1.807) is 6.92 Å². The topological polar surface area (TPSA) is 34.1 Å². The van der Waals surface area contributed by atoms with E-state index in [9.17, 15) is 9.59 Å². The molecule has 0 N–H and O–H groups in total. The molecule has 0 heterocycles. The van der Waals surface area contributed by atoms with Gasteiger partial charge < -0.3 is 0 Å². The highest BCUT2D eigenvalue weighted by Gasteiger charge is 2.65. The van der Waals surface area contributed by atoms with E-state index in [1.165, 1.54) is 0 Å². The van der Waals surface area contributed by atoms with Gasteiger partial charge in [-0.1, -0.05) is 27.2 Å². The predicted octanol–water partition coefficient (Wildman–Crippen LogP) is 3.14. The van der Waals surface area contributed by atoms with Crippen molar-refractivity contribution in [2.75, 3.05) is 0 Å². The lowest BCUT2D eigenvalue weighted by Crippen LogP contribution is -2.56. The fourth-order valence-electron chi connectivity index (χ4n) is 4.87. The summed E-state index contributed by atoms with van der Waals surface area (Å²) in [5, 5.41) is 0. The van der Waals surface area contributed by atoms with Crippen LogP contribution in [0.3, 0.4) is 0 Å². The molecule has 2 aliphatic carbocycles. The number of hydrogen-bond acceptors (Lipinski definition) is 2. The normalized spacial score (nSPS) is 41.9. The molecule has 2 aliphatic rings. The van der Waals surface area contributed by atoms with Gasteiger partial charge in [-0.05, 0) is 30.6 Å². The Kier molecular flexibility index (Phi) is 2.35. The summed E-state index contributed by atoms with van der Waals surface area (Å²) < 4.78 is 0. The molecule has 2 heteroatoms. The second-order valence-electron chi connectivity index (χ2n) is 6.65. The number of hydrogen-bond donors (Lipinski definition) is 0. The van der Waals surface area contributed by atoms with Crippen molar-refractivity contribution in [3.05, 3.63) is 0 Å². The van der Waals surface area contributed by atoms with Crippen molar-refractivity contribution in [1.29, 1.82) is 0 Å². The Morgan fingerprint density at radius 1 is 1.12 bits per heavy atom. The Hall–Kier alpha value is -0.660. The highest BCUT2D eigenvalue weighted by molar-refractivity contribution is 5.90. The zero-order valence-corrected chi connectivity index (χ0v) is 10.9. The molecular weight excluding hydrogens is 200 g/mol. The molecule has 0 radical (unpaired) electrons. The molecule has 2 atom stereocenters. The lowest BCUT2D eigenvalue weighted by molar-refractivity contribution is -0.158. The van der Waals surface area contributed by atoms with Crippen molar-refractivity contribution in [1.82, 2.24) is 0 Å². The highest BCUT2D eigenvalue weighted by Crippen LogP contribution is 2.67. The molecule has 2 nitrogen and oxygen atoms in total. The van der Waals surface area contributed by atoms with Crippen molar-refractivity contribution in [2.24, 2.45) is 16.2 Å². The SMILES string of the molecule is CC(=O)[C@]12CCC[C@@]1(C)CC(=O)CC2(C)C. The van der Waals surface area contributed by atoms with Crippen LogP contribution in [0.1, 0.15) is 59.8 Å². The van der Waals surface area contributed by atoms with Crippen LogP contribution in [0.4, 0.5) is 0 Å². The number of carbonyl (C=O) groups excluding carboxylic acids is 2. The molecule has 90 valence electrons. The number of fused-ring (bicyclic) bond motifs is 1. The van der Waals surface area contributed by atoms with E-state index in [-0.39, 0.29) is 16.2 Å². The van der Waals surface area contributed by atoms with Crippen LogP contribution in [-0.4, -0.2) is 11.6 Å². The van der Waals surface area contributed by atoms with E-state index in [1.807, 2.05) is 0 Å². The summed E-state index contributed by atoms with van der Waals surface area (Å²) in [7, 11) is 0. The van der Waals surface area contributed by atoms with Crippen LogP contribution in [0.2, 0.25) is 0 Å². The first kappa shape index (κ1) is 11.8. The zero-order valence-electron chi connectivity index (χ0n) is 10.9. The van der Waals surface area contributed by atoms with Crippen LogP contribution in [0.15, 0.2) is 0 Å². The minimum absolute atomic E-state index is 0.0856. The van der Waals surface area contributed by atoms with Gasteiger partial charge >= 0.3 is 0 Å². The van der Waals surface area contributed by atoms with Gasteiger partial charge in [-0.2, -0.15) is 0 Å². The Labute approximate surface area is 97.8 Å². The van der Waals surface area contributed by atoms with Crippen LogP contribution in [0.5, 0.6) is 0 Å². The summed E-state index contributed by atoms with van der Waals surface area (Å²) in [4.78, 5) is 24.1. The molecule has 0 saturated heterocycles. The molecule has 0 aromatic rings. The minimum atomic E-state index is -0.256. The van der Waals surface area contributed by atoms with Gasteiger partial charge in [0.05, 0.1) is 0 Å². The maximum atomic E-state index is 12.2. The van der Waals surface area contributed by atoms with Gasteiger partial charge in [0.1, 0.15) is 11.6 Å². The van der Waals surface area contributed by atoms with E-state index in [0.717, 1.165) is 19.3 Å². The average Bonchev–Trinajstić information content (AvgIpc) is 2.41. The van der Waals surface area contributed by atoms with Crippen LogP contribution in [0.25, 0.3) is 0 Å². The van der Waals surface area contributed by atoms with Crippen LogP contribution in [-0.2, 0) is 9.59 Å². The Balaban J connectivity index is 2.58. The molecular formula is C14H22O2. The molecule has 0 unspecified atom stereocenters.